The van der Waals surface area contributed by atoms with E-state index in [0.717, 1.165) is 31.5 Å². The van der Waals surface area contributed by atoms with Crippen LogP contribution in [0.25, 0.3) is 0 Å². The number of ether oxygens (including phenoxy) is 1. The molecule has 2 bridgehead atoms. The number of carbonyl (C=O) groups is 2. The molecule has 2 saturated carbocycles. The van der Waals surface area contributed by atoms with E-state index in [1.165, 1.54) is 6.07 Å². The number of alkyl halides is 3. The van der Waals surface area contributed by atoms with Crippen LogP contribution in [0.4, 0.5) is 13.2 Å². The lowest BCUT2D eigenvalue weighted by atomic mass is 9.60. The molecule has 0 saturated heterocycles. The molecule has 2 aliphatic carbocycles. The lowest BCUT2D eigenvalue weighted by Crippen LogP contribution is -2.55. The summed E-state index contributed by atoms with van der Waals surface area (Å²) in [6.45, 7) is 0.0532. The smallest absolute Gasteiger partial charge is 0.417 e. The molecule has 2 unspecified atom stereocenters. The number of nitrogens with one attached hydrogen (secondary N) is 2. The number of nitrogens with zero attached hydrogens (tertiary/aromatic N) is 1. The minimum absolute atomic E-state index is 0.0532. The summed E-state index contributed by atoms with van der Waals surface area (Å²) in [6, 6.07) is 7.06. The van der Waals surface area contributed by atoms with Crippen molar-refractivity contribution in [3.63, 3.8) is 0 Å². The van der Waals surface area contributed by atoms with Crippen LogP contribution in [-0.2, 0) is 22.3 Å². The SMILES string of the molecule is O=C(N[C@@H]1CCC2(C(=O)NCc3ccc(C(F)(F)F)cn3)CCCC1C2)[C@@H]1C[C@@H](O)c2cc(Cl)ccc2O1. The van der Waals surface area contributed by atoms with Crippen LogP contribution in [0.5, 0.6) is 5.75 Å². The molecule has 2 fully saturated rings. The maximum Gasteiger partial charge on any atom is 0.417 e. The molecule has 0 spiro atoms. The van der Waals surface area contributed by atoms with Gasteiger partial charge in [-0.25, -0.2) is 0 Å². The standard InChI is InChI=1S/C27H29ClF3N3O4/c28-17-4-6-22-19(10-17)21(35)11-23(38-22)24(36)34-20-7-9-26(8-1-2-15(20)12-26)25(37)33-14-18-5-3-16(13-32-18)27(29,30)31/h3-6,10,13,15,20-21,23,35H,1-2,7-9,11-12,14H2,(H,33,37)(H,34,36)/t15?,20-,21-,23+,26?/m1/s1. The van der Waals surface area contributed by atoms with Gasteiger partial charge in [-0.05, 0) is 68.4 Å². The molecule has 5 rings (SSSR count). The van der Waals surface area contributed by atoms with Gasteiger partial charge in [-0.15, -0.1) is 0 Å². The summed E-state index contributed by atoms with van der Waals surface area (Å²) in [7, 11) is 0. The van der Waals surface area contributed by atoms with E-state index in [-0.39, 0.29) is 36.7 Å². The molecule has 3 aliphatic rings. The van der Waals surface area contributed by atoms with Crippen LogP contribution >= 0.6 is 11.6 Å². The van der Waals surface area contributed by atoms with Gasteiger partial charge >= 0.3 is 6.18 Å². The van der Waals surface area contributed by atoms with E-state index in [9.17, 15) is 27.9 Å². The van der Waals surface area contributed by atoms with Crippen LogP contribution in [0.15, 0.2) is 36.5 Å². The Morgan fingerprint density at radius 3 is 2.74 bits per heavy atom. The number of aliphatic hydroxyl groups excluding tert-OH is 1. The van der Waals surface area contributed by atoms with Crippen molar-refractivity contribution in [3.05, 3.63) is 58.4 Å². The van der Waals surface area contributed by atoms with E-state index in [0.29, 0.717) is 41.3 Å². The fraction of sp³-hybridized carbons (Fsp3) is 0.519. The number of fused-ring (bicyclic) bond motifs is 3. The summed E-state index contributed by atoms with van der Waals surface area (Å²) in [5.74, 6) is 0.150. The van der Waals surface area contributed by atoms with Gasteiger partial charge < -0.3 is 20.5 Å². The van der Waals surface area contributed by atoms with Gasteiger partial charge in [-0.1, -0.05) is 18.0 Å². The van der Waals surface area contributed by atoms with E-state index in [4.69, 9.17) is 16.3 Å². The highest BCUT2D eigenvalue weighted by atomic mass is 35.5. The van der Waals surface area contributed by atoms with Gasteiger partial charge in [0.2, 0.25) is 5.91 Å². The summed E-state index contributed by atoms with van der Waals surface area (Å²) >= 11 is 6.01. The second-order valence-corrected chi connectivity index (χ2v) is 11.0. The zero-order valence-electron chi connectivity index (χ0n) is 20.6. The number of carbonyl (C=O) groups excluding carboxylic acids is 2. The Bertz CT molecular complexity index is 1210. The summed E-state index contributed by atoms with van der Waals surface area (Å²) in [5, 5.41) is 17.0. The molecule has 2 heterocycles. The number of halogens is 4. The van der Waals surface area contributed by atoms with Gasteiger partial charge in [-0.3, -0.25) is 14.6 Å². The third kappa shape index (κ3) is 5.47. The van der Waals surface area contributed by atoms with Crippen molar-refractivity contribution < 1.29 is 32.6 Å². The van der Waals surface area contributed by atoms with E-state index in [1.54, 1.807) is 18.2 Å². The third-order valence-corrected chi connectivity index (χ3v) is 8.34. The summed E-state index contributed by atoms with van der Waals surface area (Å²) in [5.41, 5.74) is -0.474. The summed E-state index contributed by atoms with van der Waals surface area (Å²) in [4.78, 5) is 30.1. The topological polar surface area (TPSA) is 101 Å². The molecule has 11 heteroatoms. The van der Waals surface area contributed by atoms with Crippen molar-refractivity contribution in [2.75, 3.05) is 0 Å². The number of aromatic nitrogens is 1. The van der Waals surface area contributed by atoms with Gasteiger partial charge in [0.15, 0.2) is 6.10 Å². The monoisotopic (exact) mass is 551 g/mol. The molecule has 3 N–H and O–H groups in total. The summed E-state index contributed by atoms with van der Waals surface area (Å²) in [6.07, 6.45) is -0.938. The minimum atomic E-state index is -4.46. The first-order valence-electron chi connectivity index (χ1n) is 12.8. The Morgan fingerprint density at radius 2 is 2.00 bits per heavy atom. The zero-order chi connectivity index (χ0) is 27.1. The van der Waals surface area contributed by atoms with Gasteiger partial charge in [0.25, 0.3) is 5.91 Å². The highest BCUT2D eigenvalue weighted by Crippen LogP contribution is 2.49. The molecular weight excluding hydrogens is 523 g/mol. The van der Waals surface area contributed by atoms with Gasteiger partial charge in [0.05, 0.1) is 23.9 Å². The van der Waals surface area contributed by atoms with Gasteiger partial charge in [0.1, 0.15) is 5.75 Å². The lowest BCUT2D eigenvalue weighted by Gasteiger charge is -2.48. The minimum Gasteiger partial charge on any atom is -0.480 e. The molecular formula is C27H29ClF3N3O4. The predicted molar refractivity (Wildman–Crippen MR) is 132 cm³/mol. The lowest BCUT2D eigenvalue weighted by molar-refractivity contribution is -0.139. The molecule has 1 aromatic heterocycles. The molecule has 5 atom stereocenters. The predicted octanol–water partition coefficient (Wildman–Crippen LogP) is 4.71. The van der Waals surface area contributed by atoms with E-state index < -0.39 is 29.4 Å². The number of amides is 2. The molecule has 2 amide bonds. The number of rotatable bonds is 5. The normalized spacial score (nSPS) is 28.6. The number of aliphatic hydroxyl groups is 1. The van der Waals surface area contributed by atoms with Gasteiger partial charge in [0, 0.05) is 34.7 Å². The molecule has 0 radical (unpaired) electrons. The van der Waals surface area contributed by atoms with Crippen LogP contribution < -0.4 is 15.4 Å². The van der Waals surface area contributed by atoms with E-state index in [1.807, 2.05) is 0 Å². The number of hydrogen-bond acceptors (Lipinski definition) is 5. The highest BCUT2D eigenvalue weighted by Gasteiger charge is 2.49. The number of hydrogen-bond donors (Lipinski definition) is 3. The van der Waals surface area contributed by atoms with Crippen LogP contribution in [0.3, 0.4) is 0 Å². The van der Waals surface area contributed by atoms with Crippen molar-refractivity contribution in [3.8, 4) is 5.75 Å². The molecule has 204 valence electrons. The van der Waals surface area contributed by atoms with E-state index >= 15 is 0 Å². The quantitative estimate of drug-likeness (QED) is 0.500. The Hall–Kier alpha value is -2.85. The van der Waals surface area contributed by atoms with Crippen molar-refractivity contribution >= 4 is 23.4 Å². The Morgan fingerprint density at radius 1 is 1.18 bits per heavy atom. The van der Waals surface area contributed by atoms with Crippen molar-refractivity contribution in [1.29, 1.82) is 0 Å². The van der Waals surface area contributed by atoms with Gasteiger partial charge in [-0.2, -0.15) is 13.2 Å². The zero-order valence-corrected chi connectivity index (χ0v) is 21.3. The van der Waals surface area contributed by atoms with Crippen LogP contribution in [0.2, 0.25) is 5.02 Å². The van der Waals surface area contributed by atoms with Crippen LogP contribution in [0.1, 0.15) is 67.9 Å². The second-order valence-electron chi connectivity index (χ2n) is 10.5. The Balaban J connectivity index is 1.17. The maximum atomic E-state index is 13.2. The Kier molecular flexibility index (Phi) is 7.30. The molecule has 38 heavy (non-hydrogen) atoms. The highest BCUT2D eigenvalue weighted by molar-refractivity contribution is 6.30. The second kappa shape index (κ2) is 10.4. The number of pyridine rings is 1. The fourth-order valence-corrected chi connectivity index (χ4v) is 6.25. The van der Waals surface area contributed by atoms with Crippen molar-refractivity contribution in [2.45, 2.75) is 75.9 Å². The molecule has 7 nitrogen and oxygen atoms in total. The van der Waals surface area contributed by atoms with Crippen LogP contribution in [0, 0.1) is 11.3 Å². The summed E-state index contributed by atoms with van der Waals surface area (Å²) < 4.78 is 44.2. The first-order chi connectivity index (χ1) is 18.0. The van der Waals surface area contributed by atoms with Crippen LogP contribution in [-0.4, -0.2) is 34.1 Å². The van der Waals surface area contributed by atoms with Crippen molar-refractivity contribution in [1.82, 2.24) is 15.6 Å². The first-order valence-corrected chi connectivity index (χ1v) is 13.2. The first kappa shape index (κ1) is 26.7. The largest absolute Gasteiger partial charge is 0.480 e. The maximum absolute atomic E-state index is 13.2. The Labute approximate surface area is 223 Å². The molecule has 2 aromatic rings. The molecule has 1 aromatic carbocycles. The average molecular weight is 552 g/mol. The third-order valence-electron chi connectivity index (χ3n) is 8.11. The average Bonchev–Trinajstić information content (AvgIpc) is 2.89. The van der Waals surface area contributed by atoms with Crippen molar-refractivity contribution in [2.24, 2.45) is 11.3 Å². The molecule has 1 aliphatic heterocycles. The van der Waals surface area contributed by atoms with E-state index in [2.05, 4.69) is 15.6 Å². The fourth-order valence-electron chi connectivity index (χ4n) is 6.07. The number of benzene rings is 1.